The van der Waals surface area contributed by atoms with Gasteiger partial charge in [-0.15, -0.1) is 11.3 Å². The summed E-state index contributed by atoms with van der Waals surface area (Å²) < 4.78 is 43.5. The Kier molecular flexibility index (Phi) is 5.52. The van der Waals surface area contributed by atoms with Crippen molar-refractivity contribution in [1.29, 1.82) is 0 Å². The second-order valence-corrected chi connectivity index (χ2v) is 6.57. The van der Waals surface area contributed by atoms with E-state index in [2.05, 4.69) is 4.98 Å². The Hall–Kier alpha value is -1.48. The summed E-state index contributed by atoms with van der Waals surface area (Å²) in [4.78, 5) is 17.0. The molecular formula is C13H13F3N2O2S2. The van der Waals surface area contributed by atoms with Crippen molar-refractivity contribution in [3.05, 3.63) is 35.2 Å². The van der Waals surface area contributed by atoms with Crippen molar-refractivity contribution in [3.8, 4) is 0 Å². The first-order valence-electron chi connectivity index (χ1n) is 6.25. The maximum absolute atomic E-state index is 12.6. The second kappa shape index (κ2) is 7.19. The van der Waals surface area contributed by atoms with E-state index >= 15 is 0 Å². The zero-order valence-corrected chi connectivity index (χ0v) is 13.2. The fourth-order valence-corrected chi connectivity index (χ4v) is 3.40. The predicted molar refractivity (Wildman–Crippen MR) is 77.8 cm³/mol. The molecular weight excluding hydrogens is 337 g/mol. The van der Waals surface area contributed by atoms with Gasteiger partial charge in [0.25, 0.3) is 0 Å². The smallest absolute Gasteiger partial charge is 0.406 e. The summed E-state index contributed by atoms with van der Waals surface area (Å²) >= 11 is 2.50. The molecule has 0 aliphatic heterocycles. The minimum Gasteiger partial charge on any atom is -0.467 e. The third-order valence-electron chi connectivity index (χ3n) is 2.57. The number of carbonyl (C=O) groups excluding carboxylic acids is 1. The van der Waals surface area contributed by atoms with Gasteiger partial charge in [0.05, 0.1) is 18.6 Å². The summed E-state index contributed by atoms with van der Waals surface area (Å²) in [6.07, 6.45) is -3.09. The van der Waals surface area contributed by atoms with Gasteiger partial charge in [-0.3, -0.25) is 4.79 Å². The quantitative estimate of drug-likeness (QED) is 0.745. The molecule has 22 heavy (non-hydrogen) atoms. The highest BCUT2D eigenvalue weighted by atomic mass is 32.2. The van der Waals surface area contributed by atoms with Crippen molar-refractivity contribution >= 4 is 29.0 Å². The molecule has 0 bridgehead atoms. The summed E-state index contributed by atoms with van der Waals surface area (Å²) in [5, 5.41) is 1.82. The van der Waals surface area contributed by atoms with E-state index in [0.29, 0.717) is 10.1 Å². The van der Waals surface area contributed by atoms with Gasteiger partial charge >= 0.3 is 6.18 Å². The average Bonchev–Trinajstić information content (AvgIpc) is 3.05. The number of nitrogens with zero attached hydrogens (tertiary/aromatic N) is 2. The third kappa shape index (κ3) is 5.38. The Morgan fingerprint density at radius 1 is 1.50 bits per heavy atom. The van der Waals surface area contributed by atoms with Crippen LogP contribution < -0.4 is 0 Å². The largest absolute Gasteiger partial charge is 0.467 e. The fraction of sp³-hybridized carbons (Fsp3) is 0.385. The van der Waals surface area contributed by atoms with Crippen molar-refractivity contribution in [2.75, 3.05) is 12.3 Å². The van der Waals surface area contributed by atoms with E-state index in [1.807, 2.05) is 12.3 Å². The fourth-order valence-electron chi connectivity index (χ4n) is 1.65. The summed E-state index contributed by atoms with van der Waals surface area (Å²) in [5.41, 5.74) is 0.822. The Balaban J connectivity index is 1.98. The van der Waals surface area contributed by atoms with Gasteiger partial charge in [0, 0.05) is 11.1 Å². The standard InChI is InChI=1S/C13H13F3N2O2S2/c1-9-6-21-12(17-9)22-7-11(19)18(8-13(14,15)16)5-10-3-2-4-20-10/h2-4,6H,5,7-8H2,1H3. The van der Waals surface area contributed by atoms with E-state index in [1.54, 1.807) is 6.07 Å². The molecule has 0 saturated heterocycles. The van der Waals surface area contributed by atoms with Crippen LogP contribution >= 0.6 is 23.1 Å². The van der Waals surface area contributed by atoms with Crippen LogP contribution in [0.4, 0.5) is 13.2 Å². The zero-order chi connectivity index (χ0) is 16.2. The number of hydrogen-bond acceptors (Lipinski definition) is 5. The number of aromatic nitrogens is 1. The van der Waals surface area contributed by atoms with Crippen LogP contribution in [0, 0.1) is 6.92 Å². The SMILES string of the molecule is Cc1csc(SCC(=O)N(Cc2ccco2)CC(F)(F)F)n1. The third-order valence-corrected chi connectivity index (χ3v) is 4.69. The maximum Gasteiger partial charge on any atom is 0.406 e. The van der Waals surface area contributed by atoms with Gasteiger partial charge in [-0.25, -0.2) is 4.98 Å². The number of rotatable bonds is 6. The monoisotopic (exact) mass is 350 g/mol. The number of thiazole rings is 1. The molecule has 0 N–H and O–H groups in total. The predicted octanol–water partition coefficient (Wildman–Crippen LogP) is 3.73. The van der Waals surface area contributed by atoms with Crippen molar-refractivity contribution in [3.63, 3.8) is 0 Å². The number of amides is 1. The van der Waals surface area contributed by atoms with Gasteiger partial charge in [-0.2, -0.15) is 13.2 Å². The normalized spacial score (nSPS) is 11.6. The summed E-state index contributed by atoms with van der Waals surface area (Å²) in [6, 6.07) is 3.10. The zero-order valence-electron chi connectivity index (χ0n) is 11.6. The maximum atomic E-state index is 12.6. The molecule has 4 nitrogen and oxygen atoms in total. The van der Waals surface area contributed by atoms with Crippen LogP contribution in [-0.2, 0) is 11.3 Å². The van der Waals surface area contributed by atoms with E-state index < -0.39 is 18.6 Å². The molecule has 1 amide bonds. The Morgan fingerprint density at radius 3 is 2.82 bits per heavy atom. The van der Waals surface area contributed by atoms with Crippen LogP contribution in [0.15, 0.2) is 32.5 Å². The number of furan rings is 1. The van der Waals surface area contributed by atoms with Crippen LogP contribution in [0.1, 0.15) is 11.5 Å². The molecule has 0 aromatic carbocycles. The van der Waals surface area contributed by atoms with Crippen LogP contribution in [0.2, 0.25) is 0 Å². The van der Waals surface area contributed by atoms with E-state index in [9.17, 15) is 18.0 Å². The summed E-state index contributed by atoms with van der Waals surface area (Å²) in [7, 11) is 0. The first-order valence-corrected chi connectivity index (χ1v) is 8.12. The minimum absolute atomic E-state index is 0.0935. The topological polar surface area (TPSA) is 46.3 Å². The Labute approximate surface area is 133 Å². The van der Waals surface area contributed by atoms with Crippen LogP contribution in [0.5, 0.6) is 0 Å². The van der Waals surface area contributed by atoms with Gasteiger partial charge in [0.2, 0.25) is 5.91 Å². The van der Waals surface area contributed by atoms with Crippen molar-refractivity contribution in [2.24, 2.45) is 0 Å². The first-order chi connectivity index (χ1) is 10.3. The molecule has 2 aromatic rings. The summed E-state index contributed by atoms with van der Waals surface area (Å²) in [5.74, 6) is -0.386. The van der Waals surface area contributed by atoms with Crippen LogP contribution in [0.25, 0.3) is 0 Å². The molecule has 0 unspecified atom stereocenters. The lowest BCUT2D eigenvalue weighted by Gasteiger charge is -2.22. The number of alkyl halides is 3. The van der Waals surface area contributed by atoms with E-state index in [1.165, 1.54) is 23.7 Å². The molecule has 2 aromatic heterocycles. The van der Waals surface area contributed by atoms with Crippen molar-refractivity contribution < 1.29 is 22.4 Å². The number of hydrogen-bond donors (Lipinski definition) is 0. The first kappa shape index (κ1) is 16.9. The molecule has 0 spiro atoms. The van der Waals surface area contributed by atoms with Crippen LogP contribution in [-0.4, -0.2) is 34.3 Å². The molecule has 0 saturated carbocycles. The highest BCUT2D eigenvalue weighted by molar-refractivity contribution is 8.01. The van der Waals surface area contributed by atoms with Gasteiger partial charge in [0.1, 0.15) is 12.3 Å². The lowest BCUT2D eigenvalue weighted by molar-refractivity contribution is -0.161. The highest BCUT2D eigenvalue weighted by Gasteiger charge is 2.33. The Morgan fingerprint density at radius 2 is 2.27 bits per heavy atom. The van der Waals surface area contributed by atoms with Gasteiger partial charge < -0.3 is 9.32 Å². The lowest BCUT2D eigenvalue weighted by Crippen LogP contribution is -2.39. The number of thioether (sulfide) groups is 1. The molecule has 9 heteroatoms. The van der Waals surface area contributed by atoms with Gasteiger partial charge in [-0.1, -0.05) is 11.8 Å². The number of carbonyl (C=O) groups is 1. The van der Waals surface area contributed by atoms with Crippen molar-refractivity contribution in [1.82, 2.24) is 9.88 Å². The molecule has 120 valence electrons. The minimum atomic E-state index is -4.45. The Bertz CT molecular complexity index is 611. The highest BCUT2D eigenvalue weighted by Crippen LogP contribution is 2.24. The van der Waals surface area contributed by atoms with E-state index in [-0.39, 0.29) is 12.3 Å². The molecule has 2 heterocycles. The molecule has 2 rings (SSSR count). The average molecular weight is 350 g/mol. The van der Waals surface area contributed by atoms with Crippen LogP contribution in [0.3, 0.4) is 0 Å². The van der Waals surface area contributed by atoms with Gasteiger partial charge in [0.15, 0.2) is 4.34 Å². The number of aryl methyl sites for hydroxylation is 1. The number of halogens is 3. The van der Waals surface area contributed by atoms with E-state index in [4.69, 9.17) is 4.42 Å². The summed E-state index contributed by atoms with van der Waals surface area (Å²) in [6.45, 7) is 0.308. The molecule has 0 atom stereocenters. The molecule has 0 aliphatic rings. The molecule has 0 fully saturated rings. The molecule has 0 radical (unpaired) electrons. The lowest BCUT2D eigenvalue weighted by atomic mass is 10.3. The van der Waals surface area contributed by atoms with Gasteiger partial charge in [-0.05, 0) is 19.1 Å². The van der Waals surface area contributed by atoms with E-state index in [0.717, 1.165) is 22.4 Å². The second-order valence-electron chi connectivity index (χ2n) is 4.49. The van der Waals surface area contributed by atoms with Crippen molar-refractivity contribution in [2.45, 2.75) is 24.0 Å². The molecule has 0 aliphatic carbocycles.